The Labute approximate surface area is 133 Å². The Morgan fingerprint density at radius 1 is 1.38 bits per heavy atom. The van der Waals surface area contributed by atoms with E-state index < -0.39 is 0 Å². The SMILES string of the molecule is C[C@@H]1CN(Cc2cn(-c3cccc(Cl)c3Cl)nn2)CCN1. The normalized spacial score (nSPS) is 19.9. The molecule has 1 aromatic carbocycles. The van der Waals surface area contributed by atoms with Crippen LogP contribution in [0.5, 0.6) is 0 Å². The molecular formula is C14H17Cl2N5. The molecule has 0 aliphatic carbocycles. The number of piperazine rings is 1. The highest BCUT2D eigenvalue weighted by molar-refractivity contribution is 6.43. The zero-order valence-electron chi connectivity index (χ0n) is 11.8. The fraction of sp³-hybridized carbons (Fsp3) is 0.429. The third kappa shape index (κ3) is 3.37. The number of nitrogens with zero attached hydrogens (tertiary/aromatic N) is 4. The van der Waals surface area contributed by atoms with Gasteiger partial charge >= 0.3 is 0 Å². The molecule has 3 rings (SSSR count). The summed E-state index contributed by atoms with van der Waals surface area (Å²) < 4.78 is 1.68. The Balaban J connectivity index is 1.75. The van der Waals surface area contributed by atoms with Gasteiger partial charge in [0.05, 0.1) is 27.6 Å². The molecule has 1 fully saturated rings. The number of halogens is 2. The number of hydrogen-bond acceptors (Lipinski definition) is 4. The highest BCUT2D eigenvalue weighted by Gasteiger charge is 2.17. The van der Waals surface area contributed by atoms with Crippen LogP contribution >= 0.6 is 23.2 Å². The van der Waals surface area contributed by atoms with Crippen LogP contribution in [0.2, 0.25) is 10.0 Å². The molecule has 1 saturated heterocycles. The summed E-state index contributed by atoms with van der Waals surface area (Å²) in [4.78, 5) is 2.37. The lowest BCUT2D eigenvalue weighted by molar-refractivity contribution is 0.197. The van der Waals surface area contributed by atoms with Crippen molar-refractivity contribution in [3.05, 3.63) is 40.1 Å². The minimum Gasteiger partial charge on any atom is -0.312 e. The van der Waals surface area contributed by atoms with Crippen LogP contribution in [-0.4, -0.2) is 45.6 Å². The van der Waals surface area contributed by atoms with Crippen molar-refractivity contribution in [2.24, 2.45) is 0 Å². The number of nitrogens with one attached hydrogen (secondary N) is 1. The molecule has 1 aliphatic heterocycles. The molecule has 0 bridgehead atoms. The molecular weight excluding hydrogens is 309 g/mol. The van der Waals surface area contributed by atoms with Gasteiger partial charge in [-0.1, -0.05) is 34.5 Å². The van der Waals surface area contributed by atoms with E-state index in [0.29, 0.717) is 16.1 Å². The van der Waals surface area contributed by atoms with Gasteiger partial charge in [-0.25, -0.2) is 4.68 Å². The van der Waals surface area contributed by atoms with E-state index in [1.54, 1.807) is 10.7 Å². The van der Waals surface area contributed by atoms with Gasteiger partial charge in [0.25, 0.3) is 0 Å². The van der Waals surface area contributed by atoms with Crippen molar-refractivity contribution in [1.82, 2.24) is 25.2 Å². The number of aromatic nitrogens is 3. The summed E-state index contributed by atoms with van der Waals surface area (Å²) in [5.74, 6) is 0. The first kappa shape index (κ1) is 14.8. The maximum absolute atomic E-state index is 6.21. The number of hydrogen-bond donors (Lipinski definition) is 1. The first-order chi connectivity index (χ1) is 10.1. The van der Waals surface area contributed by atoms with Crippen LogP contribution in [0.4, 0.5) is 0 Å². The van der Waals surface area contributed by atoms with Crippen molar-refractivity contribution in [2.75, 3.05) is 19.6 Å². The average molecular weight is 326 g/mol. The van der Waals surface area contributed by atoms with E-state index >= 15 is 0 Å². The van der Waals surface area contributed by atoms with Crippen molar-refractivity contribution in [2.45, 2.75) is 19.5 Å². The highest BCUT2D eigenvalue weighted by Crippen LogP contribution is 2.27. The summed E-state index contributed by atoms with van der Waals surface area (Å²) in [5.41, 5.74) is 1.68. The second-order valence-electron chi connectivity index (χ2n) is 5.32. The lowest BCUT2D eigenvalue weighted by atomic mass is 10.2. The van der Waals surface area contributed by atoms with Crippen LogP contribution in [0.1, 0.15) is 12.6 Å². The molecule has 112 valence electrons. The largest absolute Gasteiger partial charge is 0.312 e. The molecule has 5 nitrogen and oxygen atoms in total. The first-order valence-electron chi connectivity index (χ1n) is 6.95. The van der Waals surface area contributed by atoms with E-state index in [2.05, 4.69) is 27.5 Å². The quantitative estimate of drug-likeness (QED) is 0.941. The second kappa shape index (κ2) is 6.32. The zero-order chi connectivity index (χ0) is 14.8. The molecule has 0 unspecified atom stereocenters. The van der Waals surface area contributed by atoms with Crippen LogP contribution < -0.4 is 5.32 Å². The average Bonchev–Trinajstić information content (AvgIpc) is 2.90. The third-order valence-corrected chi connectivity index (χ3v) is 4.37. The van der Waals surface area contributed by atoms with Crippen LogP contribution in [-0.2, 0) is 6.54 Å². The third-order valence-electron chi connectivity index (χ3n) is 3.56. The Bertz CT molecular complexity index is 628. The molecule has 2 aromatic rings. The van der Waals surface area contributed by atoms with Crippen molar-refractivity contribution < 1.29 is 0 Å². The second-order valence-corrected chi connectivity index (χ2v) is 6.10. The molecule has 21 heavy (non-hydrogen) atoms. The summed E-state index contributed by atoms with van der Waals surface area (Å²) in [5, 5.41) is 12.8. The van der Waals surface area contributed by atoms with Gasteiger partial charge in [0.15, 0.2) is 0 Å². The van der Waals surface area contributed by atoms with Gasteiger partial charge in [0.1, 0.15) is 0 Å². The molecule has 0 radical (unpaired) electrons. The fourth-order valence-electron chi connectivity index (χ4n) is 2.54. The van der Waals surface area contributed by atoms with Crippen molar-refractivity contribution in [3.8, 4) is 5.69 Å². The molecule has 1 atom stereocenters. The molecule has 0 saturated carbocycles. The van der Waals surface area contributed by atoms with Gasteiger partial charge in [0.2, 0.25) is 0 Å². The van der Waals surface area contributed by atoms with Crippen LogP contribution in [0.25, 0.3) is 5.69 Å². The first-order valence-corrected chi connectivity index (χ1v) is 7.70. The molecule has 1 N–H and O–H groups in total. The summed E-state index contributed by atoms with van der Waals surface area (Å²) in [6.07, 6.45) is 1.91. The van der Waals surface area contributed by atoms with Crippen molar-refractivity contribution >= 4 is 23.2 Å². The fourth-order valence-corrected chi connectivity index (χ4v) is 2.92. The minimum atomic E-state index is 0.492. The van der Waals surface area contributed by atoms with Gasteiger partial charge in [-0.15, -0.1) is 5.10 Å². The van der Waals surface area contributed by atoms with Crippen LogP contribution in [0.15, 0.2) is 24.4 Å². The van der Waals surface area contributed by atoms with Gasteiger partial charge in [0, 0.05) is 32.2 Å². The maximum Gasteiger partial charge on any atom is 0.0971 e. The van der Waals surface area contributed by atoms with Crippen molar-refractivity contribution in [3.63, 3.8) is 0 Å². The van der Waals surface area contributed by atoms with Crippen LogP contribution in [0.3, 0.4) is 0 Å². The number of benzene rings is 1. The van der Waals surface area contributed by atoms with Gasteiger partial charge in [-0.05, 0) is 19.1 Å². The summed E-state index contributed by atoms with van der Waals surface area (Å²) in [7, 11) is 0. The summed E-state index contributed by atoms with van der Waals surface area (Å²) in [6, 6.07) is 5.99. The number of rotatable bonds is 3. The van der Waals surface area contributed by atoms with Gasteiger partial charge < -0.3 is 5.32 Å². The molecule has 1 aromatic heterocycles. The predicted molar refractivity (Wildman–Crippen MR) is 84.1 cm³/mol. The van der Waals surface area contributed by atoms with Gasteiger partial charge in [-0.3, -0.25) is 4.90 Å². The Morgan fingerprint density at radius 2 is 2.24 bits per heavy atom. The molecule has 7 heteroatoms. The molecule has 0 spiro atoms. The smallest absolute Gasteiger partial charge is 0.0971 e. The van der Waals surface area contributed by atoms with E-state index in [4.69, 9.17) is 23.2 Å². The van der Waals surface area contributed by atoms with E-state index in [1.165, 1.54) is 0 Å². The highest BCUT2D eigenvalue weighted by atomic mass is 35.5. The Morgan fingerprint density at radius 3 is 3.05 bits per heavy atom. The monoisotopic (exact) mass is 325 g/mol. The van der Waals surface area contributed by atoms with E-state index in [0.717, 1.165) is 37.6 Å². The van der Waals surface area contributed by atoms with E-state index in [9.17, 15) is 0 Å². The molecule has 0 amide bonds. The topological polar surface area (TPSA) is 46.0 Å². The Kier molecular flexibility index (Phi) is 4.45. The lowest BCUT2D eigenvalue weighted by Gasteiger charge is -2.30. The standard InChI is InChI=1S/C14H17Cl2N5/c1-10-7-20(6-5-17-10)8-11-9-21(19-18-11)13-4-2-3-12(15)14(13)16/h2-4,9-10,17H,5-8H2,1H3/t10-/m1/s1. The van der Waals surface area contributed by atoms with Gasteiger partial charge in [-0.2, -0.15) is 0 Å². The zero-order valence-corrected chi connectivity index (χ0v) is 13.3. The lowest BCUT2D eigenvalue weighted by Crippen LogP contribution is -2.48. The summed E-state index contributed by atoms with van der Waals surface area (Å²) in [6.45, 7) is 6.04. The predicted octanol–water partition coefficient (Wildman–Crippen LogP) is 2.37. The molecule has 2 heterocycles. The van der Waals surface area contributed by atoms with E-state index in [-0.39, 0.29) is 0 Å². The van der Waals surface area contributed by atoms with Crippen molar-refractivity contribution in [1.29, 1.82) is 0 Å². The van der Waals surface area contributed by atoms with Crippen LogP contribution in [0, 0.1) is 0 Å². The minimum absolute atomic E-state index is 0.492. The van der Waals surface area contributed by atoms with E-state index in [1.807, 2.05) is 18.3 Å². The molecule has 1 aliphatic rings. The maximum atomic E-state index is 6.21. The Hall–Kier alpha value is -1.14. The summed E-state index contributed by atoms with van der Waals surface area (Å²) >= 11 is 12.2.